The van der Waals surface area contributed by atoms with Gasteiger partial charge >= 0.3 is 0 Å². The van der Waals surface area contributed by atoms with Crippen molar-refractivity contribution in [3.8, 4) is 5.75 Å². The van der Waals surface area contributed by atoms with Crippen LogP contribution in [0, 0.1) is 13.8 Å². The molecule has 36 heavy (non-hydrogen) atoms. The van der Waals surface area contributed by atoms with Gasteiger partial charge in [-0.25, -0.2) is 8.42 Å². The van der Waals surface area contributed by atoms with E-state index in [-0.39, 0.29) is 28.3 Å². The first kappa shape index (κ1) is 24.6. The molecule has 1 aromatic heterocycles. The number of carbonyl (C=O) groups is 1. The Morgan fingerprint density at radius 1 is 1.11 bits per heavy atom. The van der Waals surface area contributed by atoms with Crippen molar-refractivity contribution < 1.29 is 22.4 Å². The summed E-state index contributed by atoms with van der Waals surface area (Å²) in [5.41, 5.74) is 2.81. The summed E-state index contributed by atoms with van der Waals surface area (Å²) in [6.07, 6.45) is 3.43. The first-order valence-electron chi connectivity index (χ1n) is 12.5. The molecule has 7 nitrogen and oxygen atoms in total. The summed E-state index contributed by atoms with van der Waals surface area (Å²) in [5.74, 6) is 0.114. The standard InChI is InChI=1S/C28H31NO6S/c1-4-5-6-11-34-21-9-7-8-19(15-21)24-23-25(30)22-14-17(2)13-18(3)26(22)35-27(23)28(31)29(24)20-10-12-36(32,33)16-20/h7-9,13-15,20,24H,4-6,10-12,16H2,1-3H3. The van der Waals surface area contributed by atoms with Gasteiger partial charge in [-0.1, -0.05) is 38.0 Å². The van der Waals surface area contributed by atoms with Crippen LogP contribution in [0.25, 0.3) is 11.0 Å². The lowest BCUT2D eigenvalue weighted by Gasteiger charge is -2.30. The predicted octanol–water partition coefficient (Wildman–Crippen LogP) is 4.71. The van der Waals surface area contributed by atoms with Gasteiger partial charge in [0.05, 0.1) is 35.1 Å². The molecule has 8 heteroatoms. The van der Waals surface area contributed by atoms with Crippen LogP contribution in [0.1, 0.15) is 71.5 Å². The van der Waals surface area contributed by atoms with E-state index >= 15 is 0 Å². The Kier molecular flexibility index (Phi) is 6.41. The summed E-state index contributed by atoms with van der Waals surface area (Å²) in [6.45, 7) is 6.47. The van der Waals surface area contributed by atoms with E-state index in [2.05, 4.69) is 6.92 Å². The number of benzene rings is 2. The topological polar surface area (TPSA) is 93.9 Å². The SMILES string of the molecule is CCCCCOc1cccc(C2c3c(oc4c(C)cc(C)cc4c3=O)C(=O)N2C2CCS(=O)(=O)C2)c1. The number of amides is 1. The molecule has 2 aliphatic rings. The maximum atomic E-state index is 13.9. The third-order valence-corrected chi connectivity index (χ3v) is 8.88. The molecule has 1 fully saturated rings. The number of nitrogens with zero attached hydrogens (tertiary/aromatic N) is 1. The fourth-order valence-electron chi connectivity index (χ4n) is 5.46. The van der Waals surface area contributed by atoms with E-state index in [4.69, 9.17) is 9.15 Å². The van der Waals surface area contributed by atoms with Crippen LogP contribution < -0.4 is 10.2 Å². The van der Waals surface area contributed by atoms with Crippen molar-refractivity contribution in [2.75, 3.05) is 18.1 Å². The van der Waals surface area contributed by atoms with E-state index in [1.54, 1.807) is 11.0 Å². The van der Waals surface area contributed by atoms with Crippen molar-refractivity contribution in [3.05, 3.63) is 74.6 Å². The second-order valence-corrected chi connectivity index (χ2v) is 12.2. The van der Waals surface area contributed by atoms with Crippen LogP contribution in [0.15, 0.2) is 45.6 Å². The molecule has 0 saturated carbocycles. The van der Waals surface area contributed by atoms with Crippen LogP contribution in [-0.4, -0.2) is 43.4 Å². The Balaban J connectivity index is 1.66. The quantitative estimate of drug-likeness (QED) is 0.428. The Hall–Kier alpha value is -3.13. The Morgan fingerprint density at radius 2 is 1.92 bits per heavy atom. The van der Waals surface area contributed by atoms with E-state index in [1.165, 1.54) is 0 Å². The van der Waals surface area contributed by atoms with Crippen LogP contribution >= 0.6 is 0 Å². The largest absolute Gasteiger partial charge is 0.494 e. The second kappa shape index (κ2) is 9.39. The van der Waals surface area contributed by atoms with Crippen molar-refractivity contribution in [2.45, 2.75) is 58.5 Å². The average molecular weight is 510 g/mol. The lowest BCUT2D eigenvalue weighted by atomic mass is 9.96. The molecule has 190 valence electrons. The third-order valence-electron chi connectivity index (χ3n) is 7.13. The Labute approximate surface area is 211 Å². The highest BCUT2D eigenvalue weighted by Gasteiger charge is 2.48. The van der Waals surface area contributed by atoms with E-state index in [0.29, 0.717) is 35.3 Å². The molecule has 0 spiro atoms. The van der Waals surface area contributed by atoms with Crippen molar-refractivity contribution >= 4 is 26.7 Å². The highest BCUT2D eigenvalue weighted by molar-refractivity contribution is 7.91. The lowest BCUT2D eigenvalue weighted by molar-refractivity contribution is 0.0662. The molecular weight excluding hydrogens is 478 g/mol. The molecular formula is C28H31NO6S. The number of sulfone groups is 1. The molecule has 1 saturated heterocycles. The summed E-state index contributed by atoms with van der Waals surface area (Å²) >= 11 is 0. The number of rotatable bonds is 7. The van der Waals surface area contributed by atoms with Gasteiger partial charge in [0, 0.05) is 6.04 Å². The minimum Gasteiger partial charge on any atom is -0.494 e. The van der Waals surface area contributed by atoms with Gasteiger partial charge in [-0.2, -0.15) is 0 Å². The van der Waals surface area contributed by atoms with Gasteiger partial charge in [0.2, 0.25) is 5.76 Å². The molecule has 2 aromatic carbocycles. The first-order chi connectivity index (χ1) is 17.2. The highest BCUT2D eigenvalue weighted by atomic mass is 32.2. The second-order valence-electron chi connectivity index (χ2n) is 9.93. The summed E-state index contributed by atoms with van der Waals surface area (Å²) < 4.78 is 36.8. The van der Waals surface area contributed by atoms with Crippen molar-refractivity contribution in [1.82, 2.24) is 4.90 Å². The maximum Gasteiger partial charge on any atom is 0.291 e. The van der Waals surface area contributed by atoms with Crippen LogP contribution in [0.2, 0.25) is 0 Å². The zero-order valence-corrected chi connectivity index (χ0v) is 21.7. The summed E-state index contributed by atoms with van der Waals surface area (Å²) in [4.78, 5) is 29.2. The normalized spacial score (nSPS) is 20.8. The van der Waals surface area contributed by atoms with Crippen LogP contribution in [-0.2, 0) is 9.84 Å². The van der Waals surface area contributed by atoms with E-state index in [0.717, 1.165) is 30.4 Å². The predicted molar refractivity (Wildman–Crippen MR) is 138 cm³/mol. The van der Waals surface area contributed by atoms with Gasteiger partial charge in [-0.05, 0) is 61.6 Å². The van der Waals surface area contributed by atoms with Crippen LogP contribution in [0.4, 0.5) is 0 Å². The maximum absolute atomic E-state index is 13.9. The first-order valence-corrected chi connectivity index (χ1v) is 14.4. The number of aryl methyl sites for hydroxylation is 2. The molecule has 2 unspecified atom stereocenters. The van der Waals surface area contributed by atoms with Gasteiger partial charge in [-0.3, -0.25) is 9.59 Å². The number of ether oxygens (including phenoxy) is 1. The van der Waals surface area contributed by atoms with E-state index < -0.39 is 27.8 Å². The van der Waals surface area contributed by atoms with E-state index in [1.807, 2.05) is 44.2 Å². The third kappa shape index (κ3) is 4.32. The number of fused-ring (bicyclic) bond motifs is 2. The zero-order valence-electron chi connectivity index (χ0n) is 20.9. The highest BCUT2D eigenvalue weighted by Crippen LogP contribution is 2.42. The van der Waals surface area contributed by atoms with Crippen LogP contribution in [0.5, 0.6) is 5.75 Å². The van der Waals surface area contributed by atoms with Gasteiger partial charge in [-0.15, -0.1) is 0 Å². The molecule has 2 atom stereocenters. The summed E-state index contributed by atoms with van der Waals surface area (Å²) in [5, 5.41) is 0.428. The molecule has 0 radical (unpaired) electrons. The average Bonchev–Trinajstić information content (AvgIpc) is 3.34. The molecule has 5 rings (SSSR count). The van der Waals surface area contributed by atoms with Gasteiger partial charge in [0.1, 0.15) is 11.3 Å². The number of unbranched alkanes of at least 4 members (excludes halogenated alkanes) is 2. The number of hydrogen-bond acceptors (Lipinski definition) is 6. The summed E-state index contributed by atoms with van der Waals surface area (Å²) in [6, 6.07) is 9.82. The molecule has 3 aromatic rings. The molecule has 0 aliphatic carbocycles. The smallest absolute Gasteiger partial charge is 0.291 e. The Morgan fingerprint density at radius 3 is 2.64 bits per heavy atom. The molecule has 0 bridgehead atoms. The zero-order chi connectivity index (χ0) is 25.6. The van der Waals surface area contributed by atoms with Gasteiger partial charge < -0.3 is 14.1 Å². The number of hydrogen-bond donors (Lipinski definition) is 0. The fourth-order valence-corrected chi connectivity index (χ4v) is 7.17. The minimum atomic E-state index is -3.26. The van der Waals surface area contributed by atoms with Crippen LogP contribution in [0.3, 0.4) is 0 Å². The molecule has 1 amide bonds. The van der Waals surface area contributed by atoms with Gasteiger partial charge in [0.15, 0.2) is 15.3 Å². The van der Waals surface area contributed by atoms with Gasteiger partial charge in [0.25, 0.3) is 5.91 Å². The van der Waals surface area contributed by atoms with E-state index in [9.17, 15) is 18.0 Å². The lowest BCUT2D eigenvalue weighted by Crippen LogP contribution is -2.40. The fraction of sp³-hybridized carbons (Fsp3) is 0.429. The van der Waals surface area contributed by atoms with Crippen molar-refractivity contribution in [3.63, 3.8) is 0 Å². The molecule has 0 N–H and O–H groups in total. The number of carbonyl (C=O) groups excluding carboxylic acids is 1. The van der Waals surface area contributed by atoms with Crippen molar-refractivity contribution in [1.29, 1.82) is 0 Å². The monoisotopic (exact) mass is 509 g/mol. The molecule has 3 heterocycles. The minimum absolute atomic E-state index is 0.00279. The van der Waals surface area contributed by atoms with Crippen molar-refractivity contribution in [2.24, 2.45) is 0 Å². The molecule has 2 aliphatic heterocycles. The summed E-state index contributed by atoms with van der Waals surface area (Å²) in [7, 11) is -3.26. The Bertz CT molecular complexity index is 1510.